The van der Waals surface area contributed by atoms with Gasteiger partial charge in [-0.1, -0.05) is 12.1 Å². The van der Waals surface area contributed by atoms with Crippen molar-refractivity contribution in [1.82, 2.24) is 4.98 Å². The molecule has 1 aromatic heterocycles. The predicted molar refractivity (Wildman–Crippen MR) is 58.5 cm³/mol. The normalized spacial score (nSPS) is 10.0. The highest BCUT2D eigenvalue weighted by Crippen LogP contribution is 2.19. The van der Waals surface area contributed by atoms with Gasteiger partial charge in [-0.15, -0.1) is 0 Å². The van der Waals surface area contributed by atoms with E-state index in [2.05, 4.69) is 4.98 Å². The second-order valence-electron chi connectivity index (χ2n) is 3.09. The molecule has 0 aliphatic heterocycles. The molecule has 0 radical (unpaired) electrons. The Morgan fingerprint density at radius 1 is 0.786 bits per heavy atom. The minimum atomic E-state index is 0.532. The first kappa shape index (κ1) is 8.56. The largest absolute Gasteiger partial charge is 0.399 e. The first-order valence-corrected chi connectivity index (χ1v) is 4.33. The van der Waals surface area contributed by atoms with Crippen LogP contribution in [-0.2, 0) is 0 Å². The molecule has 3 heteroatoms. The lowest BCUT2D eigenvalue weighted by Crippen LogP contribution is -1.89. The van der Waals surface area contributed by atoms with Gasteiger partial charge in [0.25, 0.3) is 0 Å². The molecule has 3 nitrogen and oxygen atoms in total. The van der Waals surface area contributed by atoms with Crippen molar-refractivity contribution >= 4 is 11.5 Å². The third-order valence-electron chi connectivity index (χ3n) is 2.03. The summed E-state index contributed by atoms with van der Waals surface area (Å²) in [5.74, 6) is 0.532. The minimum Gasteiger partial charge on any atom is -0.399 e. The van der Waals surface area contributed by atoms with E-state index in [0.29, 0.717) is 5.82 Å². The number of benzene rings is 1. The average molecular weight is 185 g/mol. The molecule has 0 atom stereocenters. The van der Waals surface area contributed by atoms with Gasteiger partial charge in [-0.05, 0) is 29.8 Å². The lowest BCUT2D eigenvalue weighted by Gasteiger charge is -2.01. The molecule has 0 spiro atoms. The van der Waals surface area contributed by atoms with Gasteiger partial charge < -0.3 is 11.5 Å². The van der Waals surface area contributed by atoms with E-state index in [1.807, 2.05) is 30.3 Å². The van der Waals surface area contributed by atoms with Crippen LogP contribution in [0.25, 0.3) is 11.1 Å². The predicted octanol–water partition coefficient (Wildman–Crippen LogP) is 1.91. The number of nitrogen functional groups attached to an aromatic ring is 2. The number of hydrogen-bond acceptors (Lipinski definition) is 3. The van der Waals surface area contributed by atoms with Crippen molar-refractivity contribution in [2.45, 2.75) is 0 Å². The molecular weight excluding hydrogens is 174 g/mol. The van der Waals surface area contributed by atoms with Gasteiger partial charge in [0, 0.05) is 17.4 Å². The van der Waals surface area contributed by atoms with Gasteiger partial charge in [0.2, 0.25) is 0 Å². The average Bonchev–Trinajstić information content (AvgIpc) is 2.21. The van der Waals surface area contributed by atoms with Crippen molar-refractivity contribution in [2.24, 2.45) is 0 Å². The number of nitrogens with two attached hydrogens (primary N) is 2. The summed E-state index contributed by atoms with van der Waals surface area (Å²) < 4.78 is 0. The fourth-order valence-corrected chi connectivity index (χ4v) is 1.25. The van der Waals surface area contributed by atoms with Gasteiger partial charge in [-0.2, -0.15) is 0 Å². The summed E-state index contributed by atoms with van der Waals surface area (Å²) in [4.78, 5) is 4.02. The van der Waals surface area contributed by atoms with Crippen LogP contribution in [0.3, 0.4) is 0 Å². The molecule has 0 saturated carbocycles. The van der Waals surface area contributed by atoms with Crippen molar-refractivity contribution in [1.29, 1.82) is 0 Å². The maximum atomic E-state index is 5.59. The van der Waals surface area contributed by atoms with E-state index < -0.39 is 0 Å². The topological polar surface area (TPSA) is 64.9 Å². The van der Waals surface area contributed by atoms with Gasteiger partial charge in [0.1, 0.15) is 5.82 Å². The molecule has 0 fully saturated rings. The summed E-state index contributed by atoms with van der Waals surface area (Å²) in [5.41, 5.74) is 14.0. The highest BCUT2D eigenvalue weighted by atomic mass is 14.8. The van der Waals surface area contributed by atoms with Gasteiger partial charge in [0.15, 0.2) is 0 Å². The van der Waals surface area contributed by atoms with E-state index >= 15 is 0 Å². The Morgan fingerprint density at radius 2 is 1.43 bits per heavy atom. The van der Waals surface area contributed by atoms with E-state index in [4.69, 9.17) is 11.5 Å². The maximum absolute atomic E-state index is 5.59. The molecule has 0 saturated heterocycles. The number of anilines is 2. The summed E-state index contributed by atoms with van der Waals surface area (Å²) >= 11 is 0. The first-order valence-electron chi connectivity index (χ1n) is 4.33. The second kappa shape index (κ2) is 3.38. The van der Waals surface area contributed by atoms with Crippen LogP contribution in [-0.4, -0.2) is 4.98 Å². The number of hydrogen-bond donors (Lipinski definition) is 2. The molecule has 70 valence electrons. The van der Waals surface area contributed by atoms with Crippen molar-refractivity contribution in [2.75, 3.05) is 11.5 Å². The highest BCUT2D eigenvalue weighted by molar-refractivity contribution is 5.65. The van der Waals surface area contributed by atoms with Crippen LogP contribution >= 0.6 is 0 Å². The molecule has 0 bridgehead atoms. The fraction of sp³-hybridized carbons (Fsp3) is 0. The Balaban J connectivity index is 2.40. The fourth-order valence-electron chi connectivity index (χ4n) is 1.25. The molecule has 0 aliphatic rings. The first-order chi connectivity index (χ1) is 6.75. The van der Waals surface area contributed by atoms with Gasteiger partial charge in [-0.3, -0.25) is 0 Å². The molecule has 2 aromatic rings. The number of pyridine rings is 1. The van der Waals surface area contributed by atoms with Crippen LogP contribution in [0.2, 0.25) is 0 Å². The van der Waals surface area contributed by atoms with E-state index in [9.17, 15) is 0 Å². The Morgan fingerprint density at radius 3 is 2.00 bits per heavy atom. The third kappa shape index (κ3) is 1.66. The molecule has 4 N–H and O–H groups in total. The Labute approximate surface area is 82.4 Å². The number of rotatable bonds is 1. The van der Waals surface area contributed by atoms with Crippen LogP contribution < -0.4 is 11.5 Å². The molecule has 14 heavy (non-hydrogen) atoms. The zero-order valence-corrected chi connectivity index (χ0v) is 7.64. The molecular formula is C11H11N3. The number of nitrogens with zero attached hydrogens (tertiary/aromatic N) is 1. The highest BCUT2D eigenvalue weighted by Gasteiger charge is 1.96. The molecule has 0 aliphatic carbocycles. The van der Waals surface area contributed by atoms with E-state index in [0.717, 1.165) is 16.8 Å². The Hall–Kier alpha value is -2.03. The van der Waals surface area contributed by atoms with Crippen molar-refractivity contribution in [3.63, 3.8) is 0 Å². The van der Waals surface area contributed by atoms with Crippen molar-refractivity contribution < 1.29 is 0 Å². The molecule has 2 rings (SSSR count). The Kier molecular flexibility index (Phi) is 2.07. The maximum Gasteiger partial charge on any atom is 0.123 e. The van der Waals surface area contributed by atoms with Crippen LogP contribution in [0.5, 0.6) is 0 Å². The molecule has 0 amide bonds. The third-order valence-corrected chi connectivity index (χ3v) is 2.03. The van der Waals surface area contributed by atoms with E-state index in [1.165, 1.54) is 0 Å². The van der Waals surface area contributed by atoms with Crippen molar-refractivity contribution in [3.05, 3.63) is 42.6 Å². The van der Waals surface area contributed by atoms with Crippen LogP contribution in [0, 0.1) is 0 Å². The monoisotopic (exact) mass is 185 g/mol. The molecule has 1 aromatic carbocycles. The lowest BCUT2D eigenvalue weighted by molar-refractivity contribution is 1.34. The van der Waals surface area contributed by atoms with Gasteiger partial charge in [-0.25, -0.2) is 4.98 Å². The standard InChI is InChI=1S/C11H11N3/c12-10-4-1-8(2-5-10)9-3-6-11(13)14-7-9/h1-7H,12H2,(H2,13,14). The summed E-state index contributed by atoms with van der Waals surface area (Å²) in [6, 6.07) is 11.4. The van der Waals surface area contributed by atoms with Crippen LogP contribution in [0.15, 0.2) is 42.6 Å². The summed E-state index contributed by atoms with van der Waals surface area (Å²) in [5, 5.41) is 0. The zero-order valence-electron chi connectivity index (χ0n) is 7.64. The Bertz CT molecular complexity index is 374. The minimum absolute atomic E-state index is 0.532. The lowest BCUT2D eigenvalue weighted by atomic mass is 10.1. The summed E-state index contributed by atoms with van der Waals surface area (Å²) in [7, 11) is 0. The van der Waals surface area contributed by atoms with E-state index in [-0.39, 0.29) is 0 Å². The number of aromatic nitrogens is 1. The van der Waals surface area contributed by atoms with Crippen molar-refractivity contribution in [3.8, 4) is 11.1 Å². The summed E-state index contributed by atoms with van der Waals surface area (Å²) in [6.45, 7) is 0. The molecule has 1 heterocycles. The van der Waals surface area contributed by atoms with Crippen LogP contribution in [0.1, 0.15) is 0 Å². The SMILES string of the molecule is Nc1ccc(-c2ccc(N)nc2)cc1. The quantitative estimate of drug-likeness (QED) is 0.667. The summed E-state index contributed by atoms with van der Waals surface area (Å²) in [6.07, 6.45) is 1.75. The smallest absolute Gasteiger partial charge is 0.123 e. The van der Waals surface area contributed by atoms with Gasteiger partial charge in [0.05, 0.1) is 0 Å². The second-order valence-corrected chi connectivity index (χ2v) is 3.09. The molecule has 0 unspecified atom stereocenters. The van der Waals surface area contributed by atoms with E-state index in [1.54, 1.807) is 12.3 Å². The van der Waals surface area contributed by atoms with Crippen LogP contribution in [0.4, 0.5) is 11.5 Å². The van der Waals surface area contributed by atoms with Gasteiger partial charge >= 0.3 is 0 Å². The zero-order chi connectivity index (χ0) is 9.97.